The number of thiazole rings is 1. The number of nitriles is 1. The molecule has 1 atom stereocenters. The summed E-state index contributed by atoms with van der Waals surface area (Å²) in [5, 5.41) is 11.9. The summed E-state index contributed by atoms with van der Waals surface area (Å²) in [7, 11) is 3.80. The van der Waals surface area contributed by atoms with Gasteiger partial charge in [-0.05, 0) is 27.9 Å². The summed E-state index contributed by atoms with van der Waals surface area (Å²) in [6.45, 7) is 3.93. The van der Waals surface area contributed by atoms with Crippen molar-refractivity contribution in [2.75, 3.05) is 14.1 Å². The fourth-order valence-corrected chi connectivity index (χ4v) is 2.98. The van der Waals surface area contributed by atoms with Gasteiger partial charge in [-0.15, -0.1) is 11.3 Å². The van der Waals surface area contributed by atoms with Gasteiger partial charge in [-0.2, -0.15) is 5.26 Å². The van der Waals surface area contributed by atoms with E-state index >= 15 is 0 Å². The fraction of sp³-hybridized carbons (Fsp3) is 0.500. The zero-order chi connectivity index (χ0) is 13.5. The summed E-state index contributed by atoms with van der Waals surface area (Å²) in [5.41, 5.74) is 1.42. The molecular weight excluding hydrogens is 268 g/mol. The van der Waals surface area contributed by atoms with Crippen LogP contribution in [0.25, 0.3) is 4.96 Å². The van der Waals surface area contributed by atoms with Gasteiger partial charge in [0, 0.05) is 17.5 Å². The lowest BCUT2D eigenvalue weighted by Crippen LogP contribution is -2.42. The Hall–Kier alpha value is -1.09. The lowest BCUT2D eigenvalue weighted by atomic mass is 9.96. The van der Waals surface area contributed by atoms with Gasteiger partial charge in [0.15, 0.2) is 10.1 Å². The predicted molar refractivity (Wildman–Crippen MR) is 74.2 cm³/mol. The Kier molecular flexibility index (Phi) is 3.37. The quantitative estimate of drug-likeness (QED) is 0.869. The molecule has 6 heteroatoms. The minimum atomic E-state index is -0.589. The predicted octanol–water partition coefficient (Wildman–Crippen LogP) is 2.74. The summed E-state index contributed by atoms with van der Waals surface area (Å²) >= 11 is 7.76. The average Bonchev–Trinajstić information content (AvgIpc) is 2.81. The summed E-state index contributed by atoms with van der Waals surface area (Å²) < 4.78 is 2.03. The number of aromatic nitrogens is 2. The van der Waals surface area contributed by atoms with Crippen LogP contribution in [0.4, 0.5) is 0 Å². The van der Waals surface area contributed by atoms with Crippen molar-refractivity contribution in [2.24, 2.45) is 0 Å². The molecule has 0 saturated heterocycles. The molecule has 0 bridgehead atoms. The van der Waals surface area contributed by atoms with E-state index in [1.54, 1.807) is 11.3 Å². The normalized spacial score (nSPS) is 14.9. The van der Waals surface area contributed by atoms with Gasteiger partial charge in [0.05, 0.1) is 11.8 Å². The van der Waals surface area contributed by atoms with E-state index in [9.17, 15) is 5.26 Å². The van der Waals surface area contributed by atoms with Gasteiger partial charge in [0.25, 0.3) is 0 Å². The first kappa shape index (κ1) is 13.3. The highest BCUT2D eigenvalue weighted by atomic mass is 35.5. The Morgan fingerprint density at radius 1 is 1.61 bits per heavy atom. The molecule has 1 unspecified atom stereocenters. The maximum Gasteiger partial charge on any atom is 0.195 e. The summed E-state index contributed by atoms with van der Waals surface area (Å²) in [4.78, 5) is 7.12. The third-order valence-corrected chi connectivity index (χ3v) is 4.57. The van der Waals surface area contributed by atoms with Crippen LogP contribution in [0.5, 0.6) is 0 Å². The molecule has 2 aromatic rings. The topological polar surface area (TPSA) is 44.3 Å². The zero-order valence-electron chi connectivity index (χ0n) is 10.9. The molecule has 4 nitrogen and oxygen atoms in total. The van der Waals surface area contributed by atoms with E-state index in [4.69, 9.17) is 11.6 Å². The average molecular weight is 283 g/mol. The van der Waals surface area contributed by atoms with Gasteiger partial charge in [-0.1, -0.05) is 11.6 Å². The smallest absolute Gasteiger partial charge is 0.195 e. The van der Waals surface area contributed by atoms with E-state index in [0.29, 0.717) is 11.6 Å². The van der Waals surface area contributed by atoms with Gasteiger partial charge in [0.2, 0.25) is 0 Å². The number of halogens is 1. The maximum absolute atomic E-state index is 9.38. The van der Waals surface area contributed by atoms with Crippen LogP contribution in [0.2, 0.25) is 5.15 Å². The monoisotopic (exact) mass is 282 g/mol. The van der Waals surface area contributed by atoms with E-state index in [1.807, 2.05) is 42.6 Å². The molecule has 0 aliphatic carbocycles. The summed E-state index contributed by atoms with van der Waals surface area (Å²) in [6.07, 6.45) is 0.550. The van der Waals surface area contributed by atoms with Crippen molar-refractivity contribution in [1.29, 1.82) is 5.26 Å². The summed E-state index contributed by atoms with van der Waals surface area (Å²) in [5.74, 6) is 0. The molecule has 2 aromatic heterocycles. The van der Waals surface area contributed by atoms with Crippen molar-refractivity contribution in [1.82, 2.24) is 14.3 Å². The minimum absolute atomic E-state index is 0.494. The number of imidazole rings is 1. The van der Waals surface area contributed by atoms with Crippen LogP contribution in [0.1, 0.15) is 18.3 Å². The van der Waals surface area contributed by atoms with Crippen molar-refractivity contribution >= 4 is 27.9 Å². The molecule has 2 heterocycles. The second-order valence-corrected chi connectivity index (χ2v) is 6.00. The van der Waals surface area contributed by atoms with Gasteiger partial charge >= 0.3 is 0 Å². The number of likely N-dealkylation sites (N-methyl/N-ethyl adjacent to an activating group) is 1. The zero-order valence-corrected chi connectivity index (χ0v) is 12.4. The van der Waals surface area contributed by atoms with E-state index in [0.717, 1.165) is 16.3 Å². The Balaban J connectivity index is 2.52. The van der Waals surface area contributed by atoms with Gasteiger partial charge < -0.3 is 0 Å². The number of nitrogens with zero attached hydrogens (tertiary/aromatic N) is 4. The highest BCUT2D eigenvalue weighted by Gasteiger charge is 2.30. The first-order valence-corrected chi connectivity index (χ1v) is 6.84. The van der Waals surface area contributed by atoms with Gasteiger partial charge in [-0.25, -0.2) is 4.98 Å². The fourth-order valence-electron chi connectivity index (χ4n) is 1.82. The van der Waals surface area contributed by atoms with Crippen molar-refractivity contribution in [3.05, 3.63) is 21.9 Å². The lowest BCUT2D eigenvalue weighted by molar-refractivity contribution is 0.235. The van der Waals surface area contributed by atoms with Crippen molar-refractivity contribution < 1.29 is 0 Å². The number of hydrogen-bond acceptors (Lipinski definition) is 4. The van der Waals surface area contributed by atoms with Crippen molar-refractivity contribution in [3.63, 3.8) is 0 Å². The van der Waals surface area contributed by atoms with Crippen molar-refractivity contribution in [3.8, 4) is 6.07 Å². The molecule has 0 saturated carbocycles. The second-order valence-electron chi connectivity index (χ2n) is 4.80. The number of fused-ring (bicyclic) bond motifs is 1. The standard InChI is InChI=1S/C12H15ClN4S/c1-8-6-18-11-15-10(13)9(17(8)11)5-12(2,7-14)16(3)4/h6H,5H2,1-4H3. The molecular formula is C12H15ClN4S. The van der Waals surface area contributed by atoms with E-state index in [1.165, 1.54) is 0 Å². The highest BCUT2D eigenvalue weighted by molar-refractivity contribution is 7.15. The molecule has 0 N–H and O–H groups in total. The van der Waals surface area contributed by atoms with Crippen LogP contribution < -0.4 is 0 Å². The van der Waals surface area contributed by atoms with Crippen LogP contribution in [0.15, 0.2) is 5.38 Å². The molecule has 0 aromatic carbocycles. The van der Waals surface area contributed by atoms with E-state index in [2.05, 4.69) is 11.1 Å². The van der Waals surface area contributed by atoms with E-state index in [-0.39, 0.29) is 0 Å². The number of rotatable bonds is 3. The lowest BCUT2D eigenvalue weighted by Gasteiger charge is -2.29. The Labute approximate surface area is 115 Å². The molecule has 0 aliphatic rings. The van der Waals surface area contributed by atoms with Crippen LogP contribution in [0, 0.1) is 18.3 Å². The first-order valence-electron chi connectivity index (χ1n) is 5.58. The first-order chi connectivity index (χ1) is 8.39. The van der Waals surface area contributed by atoms with Crippen LogP contribution in [-0.2, 0) is 6.42 Å². The Morgan fingerprint density at radius 3 is 2.83 bits per heavy atom. The van der Waals surface area contributed by atoms with E-state index < -0.39 is 5.54 Å². The molecule has 0 aliphatic heterocycles. The van der Waals surface area contributed by atoms with Crippen LogP contribution in [-0.4, -0.2) is 33.9 Å². The van der Waals surface area contributed by atoms with Crippen molar-refractivity contribution in [2.45, 2.75) is 25.8 Å². The maximum atomic E-state index is 9.38. The molecule has 0 fully saturated rings. The van der Waals surface area contributed by atoms with Crippen LogP contribution >= 0.6 is 22.9 Å². The molecule has 2 rings (SSSR count). The molecule has 18 heavy (non-hydrogen) atoms. The minimum Gasteiger partial charge on any atom is -0.292 e. The molecule has 0 radical (unpaired) electrons. The molecule has 96 valence electrons. The van der Waals surface area contributed by atoms with Crippen LogP contribution in [0.3, 0.4) is 0 Å². The number of aryl methyl sites for hydroxylation is 1. The third kappa shape index (κ3) is 2.01. The number of hydrogen-bond donors (Lipinski definition) is 0. The largest absolute Gasteiger partial charge is 0.292 e. The highest BCUT2D eigenvalue weighted by Crippen LogP contribution is 2.28. The Bertz CT molecular complexity index is 622. The van der Waals surface area contributed by atoms with Gasteiger partial charge in [0.1, 0.15) is 5.54 Å². The SMILES string of the molecule is Cc1csc2nc(Cl)c(CC(C)(C#N)N(C)C)n12. The molecule has 0 spiro atoms. The summed E-state index contributed by atoms with van der Waals surface area (Å²) in [6, 6.07) is 2.35. The van der Waals surface area contributed by atoms with Gasteiger partial charge in [-0.3, -0.25) is 9.30 Å². The second kappa shape index (κ2) is 4.54. The Morgan fingerprint density at radius 2 is 2.28 bits per heavy atom. The third-order valence-electron chi connectivity index (χ3n) is 3.32. The molecule has 0 amide bonds.